The molecule has 0 aliphatic carbocycles. The molecular weight excluding hydrogens is 318 g/mol. The van der Waals surface area contributed by atoms with Gasteiger partial charge >= 0.3 is 0 Å². The molecule has 7 heteroatoms. The van der Waals surface area contributed by atoms with Gasteiger partial charge in [-0.2, -0.15) is 10.2 Å². The van der Waals surface area contributed by atoms with Gasteiger partial charge in [0.15, 0.2) is 0 Å². The number of aliphatic hydroxyl groups is 1. The molecule has 0 saturated heterocycles. The van der Waals surface area contributed by atoms with Gasteiger partial charge in [0, 0.05) is 25.3 Å². The van der Waals surface area contributed by atoms with Gasteiger partial charge < -0.3 is 10.0 Å². The van der Waals surface area contributed by atoms with Crippen LogP contribution in [0.25, 0.3) is 0 Å². The first kappa shape index (κ1) is 17.7. The Bertz CT molecular complexity index is 749. The molecule has 0 saturated carbocycles. The zero-order chi connectivity index (χ0) is 18.0. The Labute approximate surface area is 148 Å². The van der Waals surface area contributed by atoms with E-state index >= 15 is 0 Å². The van der Waals surface area contributed by atoms with E-state index in [0.29, 0.717) is 30.8 Å². The summed E-state index contributed by atoms with van der Waals surface area (Å²) in [6, 6.07) is 1.92. The maximum Gasteiger partial charge on any atom is 0.257 e. The minimum Gasteiger partial charge on any atom is -0.387 e. The summed E-state index contributed by atoms with van der Waals surface area (Å²) >= 11 is 0. The molecule has 1 N–H and O–H groups in total. The van der Waals surface area contributed by atoms with Crippen LogP contribution in [0.2, 0.25) is 0 Å². The first-order valence-corrected chi connectivity index (χ1v) is 9.11. The molecule has 1 unspecified atom stereocenters. The van der Waals surface area contributed by atoms with E-state index in [-0.39, 0.29) is 5.91 Å². The Kier molecular flexibility index (Phi) is 5.22. The number of carbonyl (C=O) groups is 1. The predicted octanol–water partition coefficient (Wildman–Crippen LogP) is 2.29. The third-order valence-corrected chi connectivity index (χ3v) is 4.82. The molecule has 0 fully saturated rings. The second-order valence-corrected chi connectivity index (χ2v) is 6.65. The van der Waals surface area contributed by atoms with Gasteiger partial charge in [0.05, 0.1) is 35.8 Å². The Morgan fingerprint density at radius 3 is 2.88 bits per heavy atom. The number of aliphatic hydroxyl groups excluding tert-OH is 1. The SMILES string of the molecule is CCCn1ncc(C(=O)N2CCCn3nc(C(O)CC)cc3C2)c1C. The van der Waals surface area contributed by atoms with Gasteiger partial charge in [0.25, 0.3) is 5.91 Å². The van der Waals surface area contributed by atoms with E-state index in [1.54, 1.807) is 6.20 Å². The number of hydrogen-bond donors (Lipinski definition) is 1. The van der Waals surface area contributed by atoms with Crippen LogP contribution >= 0.6 is 0 Å². The number of aryl methyl sites for hydroxylation is 2. The highest BCUT2D eigenvalue weighted by Gasteiger charge is 2.25. The average molecular weight is 345 g/mol. The van der Waals surface area contributed by atoms with E-state index in [2.05, 4.69) is 17.1 Å². The third-order valence-electron chi connectivity index (χ3n) is 4.82. The van der Waals surface area contributed by atoms with Crippen LogP contribution in [0.15, 0.2) is 12.3 Å². The maximum atomic E-state index is 13.0. The van der Waals surface area contributed by atoms with Crippen molar-refractivity contribution in [2.45, 2.75) is 65.8 Å². The normalized spacial score (nSPS) is 15.8. The van der Waals surface area contributed by atoms with Crippen LogP contribution < -0.4 is 0 Å². The fraction of sp³-hybridized carbons (Fsp3) is 0.611. The number of rotatable bonds is 5. The molecule has 25 heavy (non-hydrogen) atoms. The van der Waals surface area contributed by atoms with Gasteiger partial charge in [-0.3, -0.25) is 14.2 Å². The van der Waals surface area contributed by atoms with Crippen molar-refractivity contribution >= 4 is 5.91 Å². The molecule has 2 aromatic heterocycles. The van der Waals surface area contributed by atoms with Gasteiger partial charge in [0.2, 0.25) is 0 Å². The summed E-state index contributed by atoms with van der Waals surface area (Å²) in [4.78, 5) is 14.9. The zero-order valence-electron chi connectivity index (χ0n) is 15.3. The lowest BCUT2D eigenvalue weighted by atomic mass is 10.2. The second kappa shape index (κ2) is 7.39. The van der Waals surface area contributed by atoms with Gasteiger partial charge in [-0.05, 0) is 32.3 Å². The maximum absolute atomic E-state index is 13.0. The number of fused-ring (bicyclic) bond motifs is 1. The van der Waals surface area contributed by atoms with E-state index in [1.807, 2.05) is 34.2 Å². The van der Waals surface area contributed by atoms with Crippen LogP contribution in [-0.2, 0) is 19.6 Å². The van der Waals surface area contributed by atoms with Crippen LogP contribution in [0.1, 0.15) is 66.7 Å². The minimum atomic E-state index is -0.543. The molecule has 1 atom stereocenters. The molecular formula is C18H27N5O2. The van der Waals surface area contributed by atoms with Gasteiger partial charge in [0.1, 0.15) is 0 Å². The van der Waals surface area contributed by atoms with Crippen molar-refractivity contribution in [2.75, 3.05) is 6.54 Å². The lowest BCUT2D eigenvalue weighted by Crippen LogP contribution is -2.31. The van der Waals surface area contributed by atoms with Crippen molar-refractivity contribution in [2.24, 2.45) is 0 Å². The van der Waals surface area contributed by atoms with E-state index < -0.39 is 6.10 Å². The highest BCUT2D eigenvalue weighted by molar-refractivity contribution is 5.95. The first-order valence-electron chi connectivity index (χ1n) is 9.11. The summed E-state index contributed by atoms with van der Waals surface area (Å²) in [5, 5.41) is 18.9. The first-order chi connectivity index (χ1) is 12.0. The fourth-order valence-electron chi connectivity index (χ4n) is 3.29. The lowest BCUT2D eigenvalue weighted by molar-refractivity contribution is 0.0745. The Morgan fingerprint density at radius 1 is 1.36 bits per heavy atom. The van der Waals surface area contributed by atoms with Crippen molar-refractivity contribution in [1.82, 2.24) is 24.5 Å². The highest BCUT2D eigenvalue weighted by atomic mass is 16.3. The molecule has 7 nitrogen and oxygen atoms in total. The standard InChI is InChI=1S/C18H27N5O2/c1-4-7-22-13(3)15(11-19-22)18(25)21-8-6-9-23-14(12-21)10-16(20-23)17(24)5-2/h10-11,17,24H,4-9,12H2,1-3H3. The average Bonchev–Trinajstić information content (AvgIpc) is 3.11. The van der Waals surface area contributed by atoms with Crippen molar-refractivity contribution in [3.63, 3.8) is 0 Å². The number of nitrogens with zero attached hydrogens (tertiary/aromatic N) is 5. The molecule has 1 amide bonds. The number of carbonyl (C=O) groups excluding carboxylic acids is 1. The van der Waals surface area contributed by atoms with Crippen LogP contribution in [0, 0.1) is 6.92 Å². The lowest BCUT2D eigenvalue weighted by Gasteiger charge is -2.19. The molecule has 0 bridgehead atoms. The van der Waals surface area contributed by atoms with E-state index in [4.69, 9.17) is 0 Å². The second-order valence-electron chi connectivity index (χ2n) is 6.65. The highest BCUT2D eigenvalue weighted by Crippen LogP contribution is 2.21. The van der Waals surface area contributed by atoms with E-state index in [9.17, 15) is 9.90 Å². The summed E-state index contributed by atoms with van der Waals surface area (Å²) in [7, 11) is 0. The Balaban J connectivity index is 1.81. The Morgan fingerprint density at radius 2 is 2.16 bits per heavy atom. The van der Waals surface area contributed by atoms with Crippen LogP contribution in [0.5, 0.6) is 0 Å². The van der Waals surface area contributed by atoms with Gasteiger partial charge in [-0.25, -0.2) is 0 Å². The fourth-order valence-corrected chi connectivity index (χ4v) is 3.29. The number of amides is 1. The molecule has 1 aliphatic rings. The van der Waals surface area contributed by atoms with Crippen LogP contribution in [-0.4, -0.2) is 42.0 Å². The quantitative estimate of drug-likeness (QED) is 0.902. The van der Waals surface area contributed by atoms with E-state index in [0.717, 1.165) is 37.3 Å². The molecule has 2 aromatic rings. The molecule has 0 aromatic carbocycles. The van der Waals surface area contributed by atoms with Crippen molar-refractivity contribution in [1.29, 1.82) is 0 Å². The summed E-state index contributed by atoms with van der Waals surface area (Å²) in [5.74, 6) is 0.0205. The molecule has 0 radical (unpaired) electrons. The predicted molar refractivity (Wildman–Crippen MR) is 94.1 cm³/mol. The van der Waals surface area contributed by atoms with Crippen molar-refractivity contribution in [3.8, 4) is 0 Å². The Hall–Kier alpha value is -2.15. The van der Waals surface area contributed by atoms with Gasteiger partial charge in [-0.15, -0.1) is 0 Å². The van der Waals surface area contributed by atoms with Crippen LogP contribution in [0.3, 0.4) is 0 Å². The van der Waals surface area contributed by atoms with Crippen LogP contribution in [0.4, 0.5) is 0 Å². The summed E-state index contributed by atoms with van der Waals surface area (Å²) < 4.78 is 3.82. The summed E-state index contributed by atoms with van der Waals surface area (Å²) in [6.45, 7) is 8.79. The molecule has 3 heterocycles. The number of hydrogen-bond acceptors (Lipinski definition) is 4. The molecule has 0 spiro atoms. The smallest absolute Gasteiger partial charge is 0.257 e. The number of aromatic nitrogens is 4. The third kappa shape index (κ3) is 3.46. The molecule has 3 rings (SSSR count). The molecule has 136 valence electrons. The summed E-state index contributed by atoms with van der Waals surface area (Å²) in [5.41, 5.74) is 3.27. The van der Waals surface area contributed by atoms with Gasteiger partial charge in [-0.1, -0.05) is 13.8 Å². The molecule has 1 aliphatic heterocycles. The largest absolute Gasteiger partial charge is 0.387 e. The van der Waals surface area contributed by atoms with Crippen molar-refractivity contribution in [3.05, 3.63) is 34.9 Å². The van der Waals surface area contributed by atoms with Crippen molar-refractivity contribution < 1.29 is 9.90 Å². The zero-order valence-corrected chi connectivity index (χ0v) is 15.3. The summed E-state index contributed by atoms with van der Waals surface area (Å²) in [6.07, 6.45) is 3.61. The van der Waals surface area contributed by atoms with E-state index in [1.165, 1.54) is 0 Å². The minimum absolute atomic E-state index is 0.0205. The topological polar surface area (TPSA) is 76.2 Å². The monoisotopic (exact) mass is 345 g/mol.